The van der Waals surface area contributed by atoms with E-state index in [1.54, 1.807) is 0 Å². The van der Waals surface area contributed by atoms with Crippen molar-refractivity contribution in [1.82, 2.24) is 9.80 Å². The third-order valence-corrected chi connectivity index (χ3v) is 6.17. The van der Waals surface area contributed by atoms with Crippen molar-refractivity contribution < 1.29 is 19.4 Å². The predicted molar refractivity (Wildman–Crippen MR) is 102 cm³/mol. The van der Waals surface area contributed by atoms with E-state index in [9.17, 15) is 9.90 Å². The van der Waals surface area contributed by atoms with E-state index < -0.39 is 5.60 Å². The van der Waals surface area contributed by atoms with E-state index in [4.69, 9.17) is 9.47 Å². The number of ether oxygens (including phenoxy) is 2. The van der Waals surface area contributed by atoms with Gasteiger partial charge in [-0.1, -0.05) is 19.9 Å². The summed E-state index contributed by atoms with van der Waals surface area (Å²) in [5, 5.41) is 11.1. The predicted octanol–water partition coefficient (Wildman–Crippen LogP) is 2.20. The third kappa shape index (κ3) is 3.92. The van der Waals surface area contributed by atoms with Crippen LogP contribution < -0.4 is 9.47 Å². The molecule has 3 aliphatic rings. The molecule has 0 aromatic heterocycles. The molecule has 2 saturated heterocycles. The van der Waals surface area contributed by atoms with E-state index in [0.717, 1.165) is 37.5 Å². The van der Waals surface area contributed by atoms with Gasteiger partial charge in [0, 0.05) is 26.2 Å². The molecule has 0 bridgehead atoms. The normalized spacial score (nSPS) is 27.6. The number of amides is 1. The van der Waals surface area contributed by atoms with Gasteiger partial charge in [-0.05, 0) is 48.8 Å². The van der Waals surface area contributed by atoms with Crippen molar-refractivity contribution in [3.63, 3.8) is 0 Å². The first-order chi connectivity index (χ1) is 12.9. The molecule has 0 saturated carbocycles. The van der Waals surface area contributed by atoms with E-state index in [-0.39, 0.29) is 12.7 Å². The number of benzene rings is 1. The van der Waals surface area contributed by atoms with Crippen LogP contribution in [0.1, 0.15) is 38.7 Å². The van der Waals surface area contributed by atoms with Crippen molar-refractivity contribution in [2.45, 2.75) is 38.7 Å². The number of hydrogen-bond acceptors (Lipinski definition) is 5. The topological polar surface area (TPSA) is 62.2 Å². The van der Waals surface area contributed by atoms with Crippen molar-refractivity contribution >= 4 is 5.91 Å². The van der Waals surface area contributed by atoms with Crippen LogP contribution in [-0.2, 0) is 10.4 Å². The Balaban J connectivity index is 1.34. The number of likely N-dealkylation sites (tertiary alicyclic amines) is 2. The fourth-order valence-electron chi connectivity index (χ4n) is 4.71. The summed E-state index contributed by atoms with van der Waals surface area (Å²) in [7, 11) is 0. The van der Waals surface area contributed by atoms with E-state index in [0.29, 0.717) is 37.0 Å². The Morgan fingerprint density at radius 2 is 1.81 bits per heavy atom. The number of nitrogens with zero attached hydrogens (tertiary/aromatic N) is 2. The van der Waals surface area contributed by atoms with Crippen molar-refractivity contribution in [1.29, 1.82) is 0 Å². The fourth-order valence-corrected chi connectivity index (χ4v) is 4.71. The van der Waals surface area contributed by atoms with Gasteiger partial charge in [0.05, 0.1) is 12.1 Å². The first-order valence-corrected chi connectivity index (χ1v) is 10.1. The van der Waals surface area contributed by atoms with Crippen LogP contribution >= 0.6 is 0 Å². The molecular weight excluding hydrogens is 344 g/mol. The van der Waals surface area contributed by atoms with Crippen LogP contribution in [0.5, 0.6) is 11.5 Å². The summed E-state index contributed by atoms with van der Waals surface area (Å²) in [6, 6.07) is 5.68. The highest BCUT2D eigenvalue weighted by Gasteiger charge is 2.36. The summed E-state index contributed by atoms with van der Waals surface area (Å²) in [6.07, 6.45) is 2.44. The molecule has 2 unspecified atom stereocenters. The molecule has 6 heteroatoms. The lowest BCUT2D eigenvalue weighted by Gasteiger charge is -2.40. The Hall–Kier alpha value is -1.79. The van der Waals surface area contributed by atoms with Gasteiger partial charge >= 0.3 is 0 Å². The van der Waals surface area contributed by atoms with Crippen LogP contribution in [-0.4, -0.2) is 60.3 Å². The smallest absolute Gasteiger partial charge is 0.236 e. The molecule has 0 spiro atoms. The van der Waals surface area contributed by atoms with Gasteiger partial charge in [-0.15, -0.1) is 0 Å². The van der Waals surface area contributed by atoms with Gasteiger partial charge in [0.1, 0.15) is 0 Å². The Morgan fingerprint density at radius 1 is 1.15 bits per heavy atom. The molecule has 1 aromatic carbocycles. The molecule has 2 atom stereocenters. The minimum Gasteiger partial charge on any atom is -0.454 e. The number of piperidine rings is 2. The van der Waals surface area contributed by atoms with Gasteiger partial charge in [0.15, 0.2) is 11.5 Å². The van der Waals surface area contributed by atoms with Crippen molar-refractivity contribution in [3.05, 3.63) is 23.8 Å². The number of hydrogen-bond donors (Lipinski definition) is 1. The average molecular weight is 374 g/mol. The van der Waals surface area contributed by atoms with E-state index >= 15 is 0 Å². The first kappa shape index (κ1) is 18.6. The van der Waals surface area contributed by atoms with E-state index in [2.05, 4.69) is 18.7 Å². The SMILES string of the molecule is CC1CC(C)CN(C(=O)CN2CCC(O)(c3ccc4c(c3)OCO4)CC2)C1. The number of rotatable bonds is 3. The van der Waals surface area contributed by atoms with Crippen LogP contribution in [0.3, 0.4) is 0 Å². The highest BCUT2D eigenvalue weighted by Crippen LogP contribution is 2.39. The lowest BCUT2D eigenvalue weighted by Crippen LogP contribution is -2.50. The molecule has 148 valence electrons. The number of aliphatic hydroxyl groups is 1. The maximum Gasteiger partial charge on any atom is 0.236 e. The number of carbonyl (C=O) groups excluding carboxylic acids is 1. The summed E-state index contributed by atoms with van der Waals surface area (Å²) in [6.45, 7) is 8.32. The van der Waals surface area contributed by atoms with Crippen molar-refractivity contribution in [3.8, 4) is 11.5 Å². The summed E-state index contributed by atoms with van der Waals surface area (Å²) in [5.41, 5.74) is 0.00528. The number of fused-ring (bicyclic) bond motifs is 1. The maximum atomic E-state index is 12.7. The third-order valence-electron chi connectivity index (χ3n) is 6.17. The van der Waals surface area contributed by atoms with Crippen LogP contribution in [0.15, 0.2) is 18.2 Å². The zero-order valence-corrected chi connectivity index (χ0v) is 16.3. The van der Waals surface area contributed by atoms with Crippen molar-refractivity contribution in [2.24, 2.45) is 11.8 Å². The summed E-state index contributed by atoms with van der Waals surface area (Å²) in [4.78, 5) is 16.9. The Morgan fingerprint density at radius 3 is 2.52 bits per heavy atom. The Kier molecular flexibility index (Phi) is 5.03. The molecule has 6 nitrogen and oxygen atoms in total. The lowest BCUT2D eigenvalue weighted by molar-refractivity contribution is -0.136. The van der Waals surface area contributed by atoms with Gasteiger partial charge in [-0.25, -0.2) is 0 Å². The highest BCUT2D eigenvalue weighted by atomic mass is 16.7. The maximum absolute atomic E-state index is 12.7. The van der Waals surface area contributed by atoms with Crippen LogP contribution in [0, 0.1) is 11.8 Å². The molecule has 1 amide bonds. The second-order valence-electron chi connectivity index (χ2n) is 8.62. The molecular formula is C21H30N2O4. The Labute approximate surface area is 161 Å². The van der Waals surface area contributed by atoms with Crippen molar-refractivity contribution in [2.75, 3.05) is 39.5 Å². The lowest BCUT2D eigenvalue weighted by atomic mass is 9.84. The quantitative estimate of drug-likeness (QED) is 0.879. The molecule has 1 aromatic rings. The largest absolute Gasteiger partial charge is 0.454 e. The molecule has 27 heavy (non-hydrogen) atoms. The van der Waals surface area contributed by atoms with Gasteiger partial charge < -0.3 is 19.5 Å². The molecule has 2 fully saturated rings. The minimum atomic E-state index is -0.866. The van der Waals surface area contributed by atoms with Gasteiger partial charge in [-0.3, -0.25) is 9.69 Å². The molecule has 0 radical (unpaired) electrons. The summed E-state index contributed by atoms with van der Waals surface area (Å²) >= 11 is 0. The standard InChI is InChI=1S/C21H30N2O4/c1-15-9-16(2)12-23(11-15)20(24)13-22-7-5-21(25,6-8-22)17-3-4-18-19(10-17)27-14-26-18/h3-4,10,15-16,25H,5-9,11-14H2,1-2H3. The van der Waals surface area contributed by atoms with Crippen LogP contribution in [0.2, 0.25) is 0 Å². The molecule has 0 aliphatic carbocycles. The molecule has 4 rings (SSSR count). The second-order valence-corrected chi connectivity index (χ2v) is 8.62. The van der Waals surface area contributed by atoms with Crippen LogP contribution in [0.4, 0.5) is 0 Å². The summed E-state index contributed by atoms with van der Waals surface area (Å²) in [5.74, 6) is 2.81. The zero-order valence-electron chi connectivity index (χ0n) is 16.3. The molecule has 1 N–H and O–H groups in total. The highest BCUT2D eigenvalue weighted by molar-refractivity contribution is 5.78. The Bertz CT molecular complexity index is 689. The van der Waals surface area contributed by atoms with E-state index in [1.165, 1.54) is 6.42 Å². The van der Waals surface area contributed by atoms with Gasteiger partial charge in [0.25, 0.3) is 0 Å². The fraction of sp³-hybridized carbons (Fsp3) is 0.667. The molecule has 3 aliphatic heterocycles. The van der Waals surface area contributed by atoms with Crippen LogP contribution in [0.25, 0.3) is 0 Å². The van der Waals surface area contributed by atoms with Gasteiger partial charge in [-0.2, -0.15) is 0 Å². The molecule has 3 heterocycles. The monoisotopic (exact) mass is 374 g/mol. The summed E-state index contributed by atoms with van der Waals surface area (Å²) < 4.78 is 10.8. The average Bonchev–Trinajstić information content (AvgIpc) is 3.11. The zero-order chi connectivity index (χ0) is 19.0. The van der Waals surface area contributed by atoms with Gasteiger partial charge in [0.2, 0.25) is 12.7 Å². The second kappa shape index (κ2) is 7.32. The number of carbonyl (C=O) groups is 1. The van der Waals surface area contributed by atoms with E-state index in [1.807, 2.05) is 23.1 Å². The first-order valence-electron chi connectivity index (χ1n) is 10.1. The minimum absolute atomic E-state index is 0.224.